The van der Waals surface area contributed by atoms with E-state index in [2.05, 4.69) is 10.6 Å². The van der Waals surface area contributed by atoms with Crippen molar-refractivity contribution in [3.63, 3.8) is 0 Å². The smallest absolute Gasteiger partial charge is 0.323 e. The molecule has 17 heavy (non-hydrogen) atoms. The quantitative estimate of drug-likeness (QED) is 0.684. The summed E-state index contributed by atoms with van der Waals surface area (Å²) in [5, 5.41) is 14.9. The molecule has 1 unspecified atom stereocenters. The number of amides is 1. The summed E-state index contributed by atoms with van der Waals surface area (Å²) < 4.78 is 0. The zero-order valence-corrected chi connectivity index (χ0v) is 11.0. The van der Waals surface area contributed by atoms with Crippen molar-refractivity contribution < 1.29 is 14.7 Å². The number of carbonyl (C=O) groups excluding carboxylic acids is 1. The summed E-state index contributed by atoms with van der Waals surface area (Å²) in [6.07, 6.45) is 2.08. The number of carboxylic acids is 1. The van der Waals surface area contributed by atoms with Crippen LogP contribution in [0.1, 0.15) is 47.0 Å². The van der Waals surface area contributed by atoms with Crippen molar-refractivity contribution in [3.05, 3.63) is 0 Å². The second kappa shape index (κ2) is 4.64. The number of rotatable bonds is 4. The van der Waals surface area contributed by atoms with Crippen LogP contribution in [0.25, 0.3) is 0 Å². The lowest BCUT2D eigenvalue weighted by Crippen LogP contribution is -2.63. The number of hydrogen-bond acceptors (Lipinski definition) is 3. The van der Waals surface area contributed by atoms with Gasteiger partial charge in [-0.05, 0) is 47.0 Å². The summed E-state index contributed by atoms with van der Waals surface area (Å²) in [6.45, 7) is 7.39. The van der Waals surface area contributed by atoms with E-state index in [0.29, 0.717) is 12.8 Å². The second-order valence-electron chi connectivity index (χ2n) is 5.85. The highest BCUT2D eigenvalue weighted by Gasteiger charge is 2.45. The average Bonchev–Trinajstić information content (AvgIpc) is 2.07. The molecule has 5 nitrogen and oxygen atoms in total. The van der Waals surface area contributed by atoms with Crippen molar-refractivity contribution in [1.29, 1.82) is 0 Å². The Hall–Kier alpha value is -1.10. The van der Waals surface area contributed by atoms with Crippen LogP contribution in [-0.4, -0.2) is 34.1 Å². The molecule has 0 aliphatic heterocycles. The fraction of sp³-hybridized carbons (Fsp3) is 0.833. The zero-order chi connectivity index (χ0) is 13.3. The number of nitrogens with one attached hydrogen (secondary N) is 2. The van der Waals surface area contributed by atoms with Gasteiger partial charge in [-0.25, -0.2) is 0 Å². The highest BCUT2D eigenvalue weighted by Crippen LogP contribution is 2.32. The molecule has 1 fully saturated rings. The molecule has 1 aliphatic carbocycles. The third kappa shape index (κ3) is 3.43. The van der Waals surface area contributed by atoms with Gasteiger partial charge in [0.15, 0.2) is 0 Å². The average molecular weight is 242 g/mol. The molecule has 3 N–H and O–H groups in total. The second-order valence-corrected chi connectivity index (χ2v) is 5.85. The van der Waals surface area contributed by atoms with Crippen LogP contribution in [0.4, 0.5) is 0 Å². The van der Waals surface area contributed by atoms with Crippen molar-refractivity contribution in [3.8, 4) is 0 Å². The molecule has 0 spiro atoms. The molecule has 5 heteroatoms. The number of hydrogen-bond donors (Lipinski definition) is 3. The highest BCUT2D eigenvalue weighted by atomic mass is 16.4. The van der Waals surface area contributed by atoms with Gasteiger partial charge in [0.2, 0.25) is 5.91 Å². The van der Waals surface area contributed by atoms with E-state index in [1.165, 1.54) is 0 Å². The molecule has 1 rings (SSSR count). The Morgan fingerprint density at radius 2 is 1.82 bits per heavy atom. The van der Waals surface area contributed by atoms with Crippen molar-refractivity contribution in [2.24, 2.45) is 0 Å². The van der Waals surface area contributed by atoms with Gasteiger partial charge in [0.05, 0.1) is 6.04 Å². The van der Waals surface area contributed by atoms with Crippen LogP contribution in [-0.2, 0) is 9.59 Å². The summed E-state index contributed by atoms with van der Waals surface area (Å²) in [5.74, 6) is -1.02. The molecule has 0 aromatic rings. The van der Waals surface area contributed by atoms with Gasteiger partial charge in [-0.2, -0.15) is 0 Å². The van der Waals surface area contributed by atoms with E-state index < -0.39 is 17.6 Å². The Kier molecular flexibility index (Phi) is 3.81. The first kappa shape index (κ1) is 14.0. The normalized spacial score (nSPS) is 20.2. The van der Waals surface area contributed by atoms with Gasteiger partial charge in [0, 0.05) is 5.54 Å². The van der Waals surface area contributed by atoms with Crippen LogP contribution >= 0.6 is 0 Å². The van der Waals surface area contributed by atoms with Crippen LogP contribution in [0, 0.1) is 0 Å². The van der Waals surface area contributed by atoms with Crippen molar-refractivity contribution in [1.82, 2.24) is 10.6 Å². The van der Waals surface area contributed by atoms with Crippen LogP contribution in [0.5, 0.6) is 0 Å². The summed E-state index contributed by atoms with van der Waals surface area (Å²) in [7, 11) is 0. The maximum absolute atomic E-state index is 11.8. The molecule has 1 atom stereocenters. The first-order chi connectivity index (χ1) is 7.66. The fourth-order valence-electron chi connectivity index (χ4n) is 1.91. The molecule has 0 aromatic carbocycles. The maximum atomic E-state index is 11.8. The minimum Gasteiger partial charge on any atom is -0.480 e. The molecule has 1 aliphatic rings. The predicted octanol–water partition coefficient (Wildman–Crippen LogP) is 0.886. The standard InChI is InChI=1S/C12H22N2O3/c1-8(9(15)14-11(2,3)4)13-12(10(16)17)6-5-7-12/h8,13H,5-7H2,1-4H3,(H,14,15)(H,16,17). The fourth-order valence-corrected chi connectivity index (χ4v) is 1.91. The van der Waals surface area contributed by atoms with E-state index in [9.17, 15) is 9.59 Å². The van der Waals surface area contributed by atoms with E-state index >= 15 is 0 Å². The molecule has 0 saturated heterocycles. The Morgan fingerprint density at radius 1 is 1.29 bits per heavy atom. The van der Waals surface area contributed by atoms with E-state index in [0.717, 1.165) is 6.42 Å². The summed E-state index contributed by atoms with van der Waals surface area (Å²) in [5.41, 5.74) is -1.20. The Labute approximate surface area is 102 Å². The lowest BCUT2D eigenvalue weighted by Gasteiger charge is -2.40. The monoisotopic (exact) mass is 242 g/mol. The van der Waals surface area contributed by atoms with Crippen LogP contribution in [0.15, 0.2) is 0 Å². The summed E-state index contributed by atoms with van der Waals surface area (Å²) in [4.78, 5) is 23.0. The van der Waals surface area contributed by atoms with Gasteiger partial charge >= 0.3 is 5.97 Å². The number of carboxylic acid groups (broad SMARTS) is 1. The molecule has 1 amide bonds. The van der Waals surface area contributed by atoms with Crippen LogP contribution in [0.2, 0.25) is 0 Å². The molecule has 0 radical (unpaired) electrons. The van der Waals surface area contributed by atoms with Crippen molar-refractivity contribution in [2.45, 2.75) is 64.1 Å². The third-order valence-electron chi connectivity index (χ3n) is 3.00. The van der Waals surface area contributed by atoms with E-state index in [-0.39, 0.29) is 11.4 Å². The van der Waals surface area contributed by atoms with Crippen molar-refractivity contribution in [2.75, 3.05) is 0 Å². The SMILES string of the molecule is CC(NC1(C(=O)O)CCC1)C(=O)NC(C)(C)C. The highest BCUT2D eigenvalue weighted by molar-refractivity contribution is 5.85. The molecule has 1 saturated carbocycles. The van der Waals surface area contributed by atoms with Crippen LogP contribution in [0.3, 0.4) is 0 Å². The Morgan fingerprint density at radius 3 is 2.12 bits per heavy atom. The zero-order valence-electron chi connectivity index (χ0n) is 11.0. The molecule has 0 aromatic heterocycles. The molecule has 98 valence electrons. The first-order valence-electron chi connectivity index (χ1n) is 5.99. The van der Waals surface area contributed by atoms with Gasteiger partial charge < -0.3 is 10.4 Å². The van der Waals surface area contributed by atoms with Gasteiger partial charge in [-0.1, -0.05) is 0 Å². The Bertz CT molecular complexity index is 316. The van der Waals surface area contributed by atoms with Gasteiger partial charge in [0.25, 0.3) is 0 Å². The van der Waals surface area contributed by atoms with Crippen molar-refractivity contribution >= 4 is 11.9 Å². The molecular weight excluding hydrogens is 220 g/mol. The lowest BCUT2D eigenvalue weighted by atomic mass is 9.76. The predicted molar refractivity (Wildman–Crippen MR) is 64.7 cm³/mol. The van der Waals surface area contributed by atoms with Gasteiger partial charge in [0.1, 0.15) is 5.54 Å². The first-order valence-corrected chi connectivity index (χ1v) is 5.99. The number of carbonyl (C=O) groups is 2. The molecular formula is C12H22N2O3. The largest absolute Gasteiger partial charge is 0.480 e. The molecule has 0 bridgehead atoms. The maximum Gasteiger partial charge on any atom is 0.323 e. The van der Waals surface area contributed by atoms with Gasteiger partial charge in [-0.15, -0.1) is 0 Å². The minimum absolute atomic E-state index is 0.162. The van der Waals surface area contributed by atoms with E-state index in [1.807, 2.05) is 20.8 Å². The molecule has 0 heterocycles. The lowest BCUT2D eigenvalue weighted by molar-refractivity contribution is -0.149. The number of aliphatic carboxylic acids is 1. The Balaban J connectivity index is 2.57. The third-order valence-corrected chi connectivity index (χ3v) is 3.00. The summed E-state index contributed by atoms with van der Waals surface area (Å²) >= 11 is 0. The van der Waals surface area contributed by atoms with Gasteiger partial charge in [-0.3, -0.25) is 14.9 Å². The van der Waals surface area contributed by atoms with E-state index in [1.54, 1.807) is 6.92 Å². The van der Waals surface area contributed by atoms with E-state index in [4.69, 9.17) is 5.11 Å². The summed E-state index contributed by atoms with van der Waals surface area (Å²) in [6, 6.07) is -0.495. The minimum atomic E-state index is -0.894. The topological polar surface area (TPSA) is 78.4 Å². The van der Waals surface area contributed by atoms with Crippen LogP contribution < -0.4 is 10.6 Å².